The first-order chi connectivity index (χ1) is 13.0. The van der Waals surface area contributed by atoms with Crippen LogP contribution in [0.25, 0.3) is 0 Å². The van der Waals surface area contributed by atoms with Crippen LogP contribution in [-0.4, -0.2) is 44.0 Å². The normalized spacial score (nSPS) is 35.5. The first kappa shape index (κ1) is 17.5. The molecule has 0 atom stereocenters. The molecule has 4 nitrogen and oxygen atoms in total. The number of carbonyl (C=O) groups excluding carboxylic acids is 1. The lowest BCUT2D eigenvalue weighted by Crippen LogP contribution is -2.51. The Balaban J connectivity index is 1.30. The topological polar surface area (TPSA) is 35.6 Å². The Labute approximate surface area is 163 Å². The van der Waals surface area contributed by atoms with Crippen LogP contribution in [0.1, 0.15) is 44.1 Å². The molecule has 0 spiro atoms. The second-order valence-electron chi connectivity index (χ2n) is 9.94. The lowest BCUT2D eigenvalue weighted by molar-refractivity contribution is -0.140. The summed E-state index contributed by atoms with van der Waals surface area (Å²) in [7, 11) is 2.19. The zero-order chi connectivity index (χ0) is 18.6. The van der Waals surface area contributed by atoms with Crippen LogP contribution < -0.4 is 10.2 Å². The van der Waals surface area contributed by atoms with Gasteiger partial charge < -0.3 is 15.1 Å². The molecule has 0 radical (unpaired) electrons. The van der Waals surface area contributed by atoms with Gasteiger partial charge in [0.05, 0.1) is 5.41 Å². The van der Waals surface area contributed by atoms with Gasteiger partial charge in [0.15, 0.2) is 0 Å². The molecule has 1 heterocycles. The maximum atomic E-state index is 13.3. The number of amides is 1. The highest BCUT2D eigenvalue weighted by molar-refractivity contribution is 5.96. The van der Waals surface area contributed by atoms with E-state index in [0.717, 1.165) is 68.9 Å². The van der Waals surface area contributed by atoms with E-state index in [2.05, 4.69) is 47.3 Å². The Morgan fingerprint density at radius 3 is 2.15 bits per heavy atom. The zero-order valence-electron chi connectivity index (χ0n) is 16.8. The molecule has 1 saturated heterocycles. The Bertz CT molecular complexity index is 700. The van der Waals surface area contributed by atoms with E-state index in [-0.39, 0.29) is 5.41 Å². The number of likely N-dealkylation sites (N-methyl/N-ethyl adjacent to an activating group) is 1. The van der Waals surface area contributed by atoms with Gasteiger partial charge in [-0.3, -0.25) is 4.79 Å². The van der Waals surface area contributed by atoms with Crippen molar-refractivity contribution in [2.24, 2.45) is 23.2 Å². The third-order valence-corrected chi connectivity index (χ3v) is 7.82. The molecule has 146 valence electrons. The third kappa shape index (κ3) is 3.16. The molecular weight excluding hydrogens is 334 g/mol. The van der Waals surface area contributed by atoms with Crippen LogP contribution in [0.4, 0.5) is 11.4 Å². The Morgan fingerprint density at radius 2 is 1.59 bits per heavy atom. The van der Waals surface area contributed by atoms with Gasteiger partial charge >= 0.3 is 0 Å². The van der Waals surface area contributed by atoms with Crippen LogP contribution in [0.15, 0.2) is 18.2 Å². The standard InChI is InChI=1S/C23H33N3O/c1-16-9-20(3-4-21(16)26-7-5-25(2)6-8-26)24-22(27)23-13-17-10-18(14-23)12-19(11-17)15-23/h3-4,9,17-19H,5-8,10-15H2,1-2H3,(H,24,27). The Kier molecular flexibility index (Phi) is 4.23. The summed E-state index contributed by atoms with van der Waals surface area (Å²) in [4.78, 5) is 18.1. The maximum Gasteiger partial charge on any atom is 0.230 e. The van der Waals surface area contributed by atoms with Crippen molar-refractivity contribution < 1.29 is 4.79 Å². The smallest absolute Gasteiger partial charge is 0.230 e. The minimum absolute atomic E-state index is 0.0707. The summed E-state index contributed by atoms with van der Waals surface area (Å²) in [5.41, 5.74) is 3.49. The third-order valence-electron chi connectivity index (χ3n) is 7.82. The summed E-state index contributed by atoms with van der Waals surface area (Å²) in [5.74, 6) is 2.73. The van der Waals surface area contributed by atoms with Crippen molar-refractivity contribution in [3.05, 3.63) is 23.8 Å². The lowest BCUT2D eigenvalue weighted by atomic mass is 9.49. The summed E-state index contributed by atoms with van der Waals surface area (Å²) in [6.45, 7) is 6.56. The largest absolute Gasteiger partial charge is 0.369 e. The number of nitrogens with zero attached hydrogens (tertiary/aromatic N) is 2. The number of hydrogen-bond acceptors (Lipinski definition) is 3. The first-order valence-corrected chi connectivity index (χ1v) is 10.9. The summed E-state index contributed by atoms with van der Waals surface area (Å²) in [6, 6.07) is 6.49. The van der Waals surface area contributed by atoms with E-state index in [1.165, 1.54) is 30.5 Å². The average molecular weight is 368 g/mol. The van der Waals surface area contributed by atoms with Crippen molar-refractivity contribution in [2.75, 3.05) is 43.4 Å². The summed E-state index contributed by atoms with van der Waals surface area (Å²) < 4.78 is 0. The van der Waals surface area contributed by atoms with Crippen molar-refractivity contribution in [2.45, 2.75) is 45.4 Å². The van der Waals surface area contributed by atoms with Crippen LogP contribution >= 0.6 is 0 Å². The number of hydrogen-bond donors (Lipinski definition) is 1. The molecule has 0 unspecified atom stereocenters. The highest BCUT2D eigenvalue weighted by Gasteiger charge is 2.54. The fraction of sp³-hybridized carbons (Fsp3) is 0.696. The molecule has 4 bridgehead atoms. The van der Waals surface area contributed by atoms with E-state index in [4.69, 9.17) is 0 Å². The molecule has 4 aliphatic carbocycles. The molecule has 27 heavy (non-hydrogen) atoms. The second-order valence-corrected chi connectivity index (χ2v) is 9.94. The van der Waals surface area contributed by atoms with Gasteiger partial charge in [0.1, 0.15) is 0 Å². The minimum Gasteiger partial charge on any atom is -0.369 e. The van der Waals surface area contributed by atoms with Gasteiger partial charge in [-0.15, -0.1) is 0 Å². The average Bonchev–Trinajstić information content (AvgIpc) is 2.62. The predicted molar refractivity (Wildman–Crippen MR) is 110 cm³/mol. The Morgan fingerprint density at radius 1 is 1.00 bits per heavy atom. The number of aryl methyl sites for hydroxylation is 1. The number of carbonyl (C=O) groups is 1. The van der Waals surface area contributed by atoms with Crippen molar-refractivity contribution in [1.82, 2.24) is 4.90 Å². The molecule has 4 saturated carbocycles. The molecule has 6 rings (SSSR count). The molecule has 4 heteroatoms. The second kappa shape index (κ2) is 6.51. The number of piperazine rings is 1. The van der Waals surface area contributed by atoms with E-state index < -0.39 is 0 Å². The van der Waals surface area contributed by atoms with E-state index in [9.17, 15) is 4.79 Å². The monoisotopic (exact) mass is 367 g/mol. The lowest BCUT2D eigenvalue weighted by Gasteiger charge is -2.55. The summed E-state index contributed by atoms with van der Waals surface area (Å²) in [6.07, 6.45) is 7.53. The molecule has 1 aromatic rings. The molecular formula is C23H33N3O. The van der Waals surface area contributed by atoms with Gasteiger partial charge in [0, 0.05) is 37.6 Å². The van der Waals surface area contributed by atoms with Crippen LogP contribution in [0.3, 0.4) is 0 Å². The zero-order valence-corrected chi connectivity index (χ0v) is 16.8. The predicted octanol–water partition coefficient (Wildman–Crippen LogP) is 3.90. The van der Waals surface area contributed by atoms with Gasteiger partial charge in [-0.25, -0.2) is 0 Å². The van der Waals surface area contributed by atoms with Crippen molar-refractivity contribution in [3.63, 3.8) is 0 Å². The van der Waals surface area contributed by atoms with Gasteiger partial charge in [0.2, 0.25) is 5.91 Å². The van der Waals surface area contributed by atoms with Crippen LogP contribution in [0.5, 0.6) is 0 Å². The number of nitrogens with one attached hydrogen (secondary N) is 1. The van der Waals surface area contributed by atoms with Crippen LogP contribution in [0.2, 0.25) is 0 Å². The first-order valence-electron chi connectivity index (χ1n) is 10.9. The number of benzene rings is 1. The van der Waals surface area contributed by atoms with Gasteiger partial charge in [-0.05, 0) is 94.0 Å². The molecule has 5 fully saturated rings. The van der Waals surface area contributed by atoms with Crippen LogP contribution in [-0.2, 0) is 4.79 Å². The van der Waals surface area contributed by atoms with E-state index in [0.29, 0.717) is 5.91 Å². The van der Waals surface area contributed by atoms with Crippen LogP contribution in [0, 0.1) is 30.1 Å². The fourth-order valence-corrected chi connectivity index (χ4v) is 6.79. The van der Waals surface area contributed by atoms with Crippen molar-refractivity contribution in [1.29, 1.82) is 0 Å². The Hall–Kier alpha value is -1.55. The fourth-order valence-electron chi connectivity index (χ4n) is 6.79. The van der Waals surface area contributed by atoms with E-state index in [1.807, 2.05) is 0 Å². The number of anilines is 2. The summed E-state index contributed by atoms with van der Waals surface area (Å²) >= 11 is 0. The van der Waals surface area contributed by atoms with Gasteiger partial charge in [-0.2, -0.15) is 0 Å². The summed E-state index contributed by atoms with van der Waals surface area (Å²) in [5, 5.41) is 3.31. The molecule has 1 aromatic carbocycles. The van der Waals surface area contributed by atoms with E-state index >= 15 is 0 Å². The molecule has 1 N–H and O–H groups in total. The molecule has 0 aromatic heterocycles. The SMILES string of the molecule is Cc1cc(NC(=O)C23CC4CC(CC(C4)C2)C3)ccc1N1CCN(C)CC1. The molecule has 1 aliphatic heterocycles. The highest BCUT2D eigenvalue weighted by atomic mass is 16.2. The minimum atomic E-state index is -0.0707. The maximum absolute atomic E-state index is 13.3. The molecule has 5 aliphatic rings. The number of rotatable bonds is 3. The van der Waals surface area contributed by atoms with Crippen molar-refractivity contribution >= 4 is 17.3 Å². The quantitative estimate of drug-likeness (QED) is 0.880. The van der Waals surface area contributed by atoms with Gasteiger partial charge in [-0.1, -0.05) is 0 Å². The van der Waals surface area contributed by atoms with Crippen molar-refractivity contribution in [3.8, 4) is 0 Å². The molecule has 1 amide bonds. The van der Waals surface area contributed by atoms with Gasteiger partial charge in [0.25, 0.3) is 0 Å². The highest BCUT2D eigenvalue weighted by Crippen LogP contribution is 2.60. The van der Waals surface area contributed by atoms with E-state index in [1.54, 1.807) is 0 Å².